The van der Waals surface area contributed by atoms with E-state index < -0.39 is 0 Å². The van der Waals surface area contributed by atoms with Gasteiger partial charge in [-0.05, 0) is 44.0 Å². The van der Waals surface area contributed by atoms with Crippen LogP contribution in [0.5, 0.6) is 11.5 Å². The van der Waals surface area contributed by atoms with Gasteiger partial charge in [-0.3, -0.25) is 9.59 Å². The lowest BCUT2D eigenvalue weighted by Gasteiger charge is -2.33. The van der Waals surface area contributed by atoms with Gasteiger partial charge in [-0.25, -0.2) is 0 Å². The molecular weight excluding hydrogens is 408 g/mol. The number of benzene rings is 2. The van der Waals surface area contributed by atoms with Gasteiger partial charge in [-0.1, -0.05) is 30.3 Å². The van der Waals surface area contributed by atoms with E-state index in [1.165, 1.54) is 0 Å². The number of nitrogens with one attached hydrogen (secondary N) is 1. The van der Waals surface area contributed by atoms with Crippen molar-refractivity contribution in [2.75, 3.05) is 39.5 Å². The van der Waals surface area contributed by atoms with E-state index >= 15 is 0 Å². The van der Waals surface area contributed by atoms with Gasteiger partial charge in [0.25, 0.3) is 5.91 Å². The Labute approximate surface area is 189 Å². The number of carbonyl (C=O) groups is 2. The number of nitrogens with zero attached hydrogens (tertiary/aromatic N) is 1. The van der Waals surface area contributed by atoms with Gasteiger partial charge in [-0.15, -0.1) is 0 Å². The van der Waals surface area contributed by atoms with E-state index in [2.05, 4.69) is 5.32 Å². The van der Waals surface area contributed by atoms with E-state index in [0.29, 0.717) is 69.4 Å². The molecule has 3 rings (SSSR count). The standard InChI is InChI=1S/C25H32N2O5/c1-3-30-21-13-12-20(17-22(21)31-4-2)25(29)26-14-8-11-24(28)27-15-16-32-23(18-27)19-9-6-5-7-10-19/h5-7,9-10,12-13,17,23H,3-4,8,11,14-16,18H2,1-2H3,(H,26,29). The maximum atomic E-state index is 12.6. The van der Waals surface area contributed by atoms with Gasteiger partial charge in [0.05, 0.1) is 26.4 Å². The summed E-state index contributed by atoms with van der Waals surface area (Å²) in [5.41, 5.74) is 1.58. The van der Waals surface area contributed by atoms with Crippen molar-refractivity contribution in [3.05, 3.63) is 59.7 Å². The summed E-state index contributed by atoms with van der Waals surface area (Å²) in [6, 6.07) is 15.1. The topological polar surface area (TPSA) is 77.1 Å². The van der Waals surface area contributed by atoms with Gasteiger partial charge >= 0.3 is 0 Å². The fourth-order valence-electron chi connectivity index (χ4n) is 3.64. The number of carbonyl (C=O) groups excluding carboxylic acids is 2. The van der Waals surface area contributed by atoms with Gasteiger partial charge in [0.2, 0.25) is 5.91 Å². The smallest absolute Gasteiger partial charge is 0.251 e. The molecule has 7 heteroatoms. The van der Waals surface area contributed by atoms with Crippen LogP contribution >= 0.6 is 0 Å². The van der Waals surface area contributed by atoms with E-state index in [1.54, 1.807) is 18.2 Å². The largest absolute Gasteiger partial charge is 0.490 e. The summed E-state index contributed by atoms with van der Waals surface area (Å²) in [6.45, 7) is 6.90. The van der Waals surface area contributed by atoms with Crippen LogP contribution in [0, 0.1) is 0 Å². The fourth-order valence-corrected chi connectivity index (χ4v) is 3.64. The lowest BCUT2D eigenvalue weighted by molar-refractivity contribution is -0.139. The van der Waals surface area contributed by atoms with Crippen molar-refractivity contribution in [3.8, 4) is 11.5 Å². The van der Waals surface area contributed by atoms with Crippen LogP contribution in [0.25, 0.3) is 0 Å². The molecule has 172 valence electrons. The van der Waals surface area contributed by atoms with Gasteiger partial charge in [0.1, 0.15) is 6.10 Å². The van der Waals surface area contributed by atoms with Crippen molar-refractivity contribution < 1.29 is 23.8 Å². The first-order valence-corrected chi connectivity index (χ1v) is 11.2. The lowest BCUT2D eigenvalue weighted by atomic mass is 10.1. The number of hydrogen-bond acceptors (Lipinski definition) is 5. The van der Waals surface area contributed by atoms with E-state index in [-0.39, 0.29) is 17.9 Å². The zero-order valence-electron chi connectivity index (χ0n) is 18.8. The molecule has 1 N–H and O–H groups in total. The number of rotatable bonds is 10. The highest BCUT2D eigenvalue weighted by molar-refractivity contribution is 5.94. The molecule has 1 atom stereocenters. The Bertz CT molecular complexity index is 887. The highest BCUT2D eigenvalue weighted by atomic mass is 16.5. The average molecular weight is 441 g/mol. The number of hydrogen-bond donors (Lipinski definition) is 1. The summed E-state index contributed by atoms with van der Waals surface area (Å²) in [4.78, 5) is 27.0. The minimum absolute atomic E-state index is 0.0863. The van der Waals surface area contributed by atoms with Gasteiger partial charge in [0.15, 0.2) is 11.5 Å². The van der Waals surface area contributed by atoms with Crippen LogP contribution in [0.15, 0.2) is 48.5 Å². The minimum Gasteiger partial charge on any atom is -0.490 e. The van der Waals surface area contributed by atoms with Crippen LogP contribution in [0.3, 0.4) is 0 Å². The Balaban J connectivity index is 1.45. The summed E-state index contributed by atoms with van der Waals surface area (Å²) in [7, 11) is 0. The second-order valence-corrected chi connectivity index (χ2v) is 7.50. The molecule has 0 aromatic heterocycles. The first kappa shape index (κ1) is 23.6. The third kappa shape index (κ3) is 6.47. The zero-order valence-corrected chi connectivity index (χ0v) is 18.8. The fraction of sp³-hybridized carbons (Fsp3) is 0.440. The van der Waals surface area contributed by atoms with Crippen molar-refractivity contribution >= 4 is 11.8 Å². The van der Waals surface area contributed by atoms with E-state index in [1.807, 2.05) is 49.1 Å². The zero-order chi connectivity index (χ0) is 22.8. The average Bonchev–Trinajstić information content (AvgIpc) is 2.83. The van der Waals surface area contributed by atoms with Crippen LogP contribution in [-0.4, -0.2) is 56.2 Å². The molecule has 2 aromatic rings. The third-order valence-electron chi connectivity index (χ3n) is 5.25. The van der Waals surface area contributed by atoms with Crippen molar-refractivity contribution in [1.82, 2.24) is 10.2 Å². The van der Waals surface area contributed by atoms with Crippen LogP contribution in [0.2, 0.25) is 0 Å². The molecule has 0 radical (unpaired) electrons. The molecular formula is C25H32N2O5. The monoisotopic (exact) mass is 440 g/mol. The molecule has 1 unspecified atom stereocenters. The molecule has 1 saturated heterocycles. The van der Waals surface area contributed by atoms with Gasteiger partial charge in [0, 0.05) is 25.1 Å². The summed E-state index contributed by atoms with van der Waals surface area (Å²) in [6.07, 6.45) is 0.871. The van der Waals surface area contributed by atoms with Gasteiger partial charge < -0.3 is 24.4 Å². The van der Waals surface area contributed by atoms with Crippen molar-refractivity contribution in [3.63, 3.8) is 0 Å². The van der Waals surface area contributed by atoms with Gasteiger partial charge in [-0.2, -0.15) is 0 Å². The Hall–Kier alpha value is -3.06. The molecule has 2 aromatic carbocycles. The quantitative estimate of drug-likeness (QED) is 0.572. The number of amides is 2. The second-order valence-electron chi connectivity index (χ2n) is 7.50. The van der Waals surface area contributed by atoms with Crippen LogP contribution in [0.1, 0.15) is 48.7 Å². The number of morpholine rings is 1. The van der Waals surface area contributed by atoms with Crippen molar-refractivity contribution in [1.29, 1.82) is 0 Å². The van der Waals surface area contributed by atoms with Crippen LogP contribution in [-0.2, 0) is 9.53 Å². The van der Waals surface area contributed by atoms with E-state index in [0.717, 1.165) is 5.56 Å². The molecule has 0 aliphatic carbocycles. The minimum atomic E-state index is -0.197. The first-order valence-electron chi connectivity index (χ1n) is 11.2. The molecule has 1 aliphatic heterocycles. The maximum absolute atomic E-state index is 12.6. The Kier molecular flexibility index (Phi) is 8.92. The molecule has 7 nitrogen and oxygen atoms in total. The molecule has 1 aliphatic rings. The highest BCUT2D eigenvalue weighted by Gasteiger charge is 2.25. The lowest BCUT2D eigenvalue weighted by Crippen LogP contribution is -2.42. The molecule has 0 bridgehead atoms. The molecule has 2 amide bonds. The summed E-state index contributed by atoms with van der Waals surface area (Å²) in [5, 5.41) is 2.88. The molecule has 32 heavy (non-hydrogen) atoms. The molecule has 1 heterocycles. The SMILES string of the molecule is CCOc1ccc(C(=O)NCCCC(=O)N2CCOC(c3ccccc3)C2)cc1OCC. The highest BCUT2D eigenvalue weighted by Crippen LogP contribution is 2.28. The predicted molar refractivity (Wildman–Crippen MR) is 122 cm³/mol. The van der Waals surface area contributed by atoms with Crippen molar-refractivity contribution in [2.45, 2.75) is 32.8 Å². The Morgan fingerprint density at radius 2 is 1.81 bits per heavy atom. The normalized spacial score (nSPS) is 15.8. The Morgan fingerprint density at radius 3 is 2.56 bits per heavy atom. The van der Waals surface area contributed by atoms with Crippen molar-refractivity contribution in [2.24, 2.45) is 0 Å². The third-order valence-corrected chi connectivity index (χ3v) is 5.25. The predicted octanol–water partition coefficient (Wildman–Crippen LogP) is 3.59. The summed E-state index contributed by atoms with van der Waals surface area (Å²) in [5.74, 6) is 1.06. The van der Waals surface area contributed by atoms with E-state index in [9.17, 15) is 9.59 Å². The number of ether oxygens (including phenoxy) is 3. The second kappa shape index (κ2) is 12.1. The van der Waals surface area contributed by atoms with Crippen LogP contribution < -0.4 is 14.8 Å². The van der Waals surface area contributed by atoms with Crippen LogP contribution in [0.4, 0.5) is 0 Å². The molecule has 0 saturated carbocycles. The molecule has 0 spiro atoms. The summed E-state index contributed by atoms with van der Waals surface area (Å²) >= 11 is 0. The van der Waals surface area contributed by atoms with E-state index in [4.69, 9.17) is 14.2 Å². The summed E-state index contributed by atoms with van der Waals surface area (Å²) < 4.78 is 16.9. The first-order chi connectivity index (χ1) is 15.6. The maximum Gasteiger partial charge on any atom is 0.251 e. The molecule has 1 fully saturated rings. The Morgan fingerprint density at radius 1 is 1.06 bits per heavy atom.